The maximum atomic E-state index is 12.8. The number of carbonyl (C=O) groups is 1. The van der Waals surface area contributed by atoms with Crippen LogP contribution in [0.25, 0.3) is 34.4 Å². The first-order valence-corrected chi connectivity index (χ1v) is 9.39. The van der Waals surface area contributed by atoms with Crippen molar-refractivity contribution in [2.45, 2.75) is 13.0 Å². The Balaban J connectivity index is 1.68. The van der Waals surface area contributed by atoms with Crippen molar-refractivity contribution in [1.29, 1.82) is 0 Å². The lowest BCUT2D eigenvalue weighted by Crippen LogP contribution is -2.25. The Labute approximate surface area is 172 Å². The Morgan fingerprint density at radius 3 is 2.40 bits per heavy atom. The first-order chi connectivity index (χ1) is 14.6. The van der Waals surface area contributed by atoms with Crippen LogP contribution in [0.2, 0.25) is 0 Å². The predicted octanol–water partition coefficient (Wildman–Crippen LogP) is 3.50. The van der Waals surface area contributed by atoms with Crippen LogP contribution < -0.4 is 5.56 Å². The van der Waals surface area contributed by atoms with Crippen molar-refractivity contribution in [2.75, 3.05) is 0 Å². The second-order valence-corrected chi connectivity index (χ2v) is 6.63. The van der Waals surface area contributed by atoms with E-state index in [1.165, 1.54) is 4.57 Å². The van der Waals surface area contributed by atoms with E-state index in [2.05, 4.69) is 15.0 Å². The third-order valence-corrected chi connectivity index (χ3v) is 4.57. The Morgan fingerprint density at radius 2 is 1.67 bits per heavy atom. The highest BCUT2D eigenvalue weighted by Gasteiger charge is 2.10. The lowest BCUT2D eigenvalue weighted by atomic mass is 10.2. The summed E-state index contributed by atoms with van der Waals surface area (Å²) in [6, 6.07) is 16.7. The zero-order valence-electron chi connectivity index (χ0n) is 16.0. The van der Waals surface area contributed by atoms with Gasteiger partial charge >= 0.3 is 5.97 Å². The van der Waals surface area contributed by atoms with Crippen LogP contribution in [-0.4, -0.2) is 30.6 Å². The van der Waals surface area contributed by atoms with Gasteiger partial charge in [-0.15, -0.1) is 0 Å². The molecule has 0 spiro atoms. The number of fused-ring (bicyclic) bond motifs is 1. The normalized spacial score (nSPS) is 11.2. The molecule has 0 aliphatic heterocycles. The molecule has 0 atom stereocenters. The SMILES string of the molecule is O=C(O)CCn1c(/C=C/c2cnc(-c3ccccc3)nc2)nc2ccccc2c1=O. The number of rotatable bonds is 6. The van der Waals surface area contributed by atoms with Crippen LogP contribution >= 0.6 is 0 Å². The van der Waals surface area contributed by atoms with Gasteiger partial charge in [0.05, 0.1) is 17.3 Å². The van der Waals surface area contributed by atoms with E-state index in [1.54, 1.807) is 48.8 Å². The summed E-state index contributed by atoms with van der Waals surface area (Å²) in [5.41, 5.74) is 1.95. The second kappa shape index (κ2) is 8.48. The topological polar surface area (TPSA) is 98.0 Å². The molecule has 0 amide bonds. The lowest BCUT2D eigenvalue weighted by molar-refractivity contribution is -0.137. The number of carboxylic acid groups (broad SMARTS) is 1. The van der Waals surface area contributed by atoms with Gasteiger partial charge < -0.3 is 5.11 Å². The fourth-order valence-corrected chi connectivity index (χ4v) is 3.07. The highest BCUT2D eigenvalue weighted by Crippen LogP contribution is 2.15. The highest BCUT2D eigenvalue weighted by molar-refractivity contribution is 5.79. The van der Waals surface area contributed by atoms with Crippen LogP contribution in [0.15, 0.2) is 71.8 Å². The molecular formula is C23H18N4O3. The van der Waals surface area contributed by atoms with E-state index in [9.17, 15) is 9.59 Å². The van der Waals surface area contributed by atoms with Gasteiger partial charge in [0.1, 0.15) is 5.82 Å². The van der Waals surface area contributed by atoms with E-state index in [0.717, 1.165) is 11.1 Å². The smallest absolute Gasteiger partial charge is 0.305 e. The van der Waals surface area contributed by atoms with Gasteiger partial charge in [-0.25, -0.2) is 15.0 Å². The number of nitrogens with zero attached hydrogens (tertiary/aromatic N) is 4. The molecule has 2 heterocycles. The Bertz CT molecular complexity index is 1280. The molecule has 7 heteroatoms. The maximum Gasteiger partial charge on any atom is 0.305 e. The van der Waals surface area contributed by atoms with Gasteiger partial charge in [0.15, 0.2) is 5.82 Å². The molecule has 0 fully saturated rings. The third-order valence-electron chi connectivity index (χ3n) is 4.57. The molecule has 0 radical (unpaired) electrons. The molecule has 30 heavy (non-hydrogen) atoms. The summed E-state index contributed by atoms with van der Waals surface area (Å²) in [6.45, 7) is 0.0368. The van der Waals surface area contributed by atoms with Gasteiger partial charge in [-0.1, -0.05) is 42.5 Å². The van der Waals surface area contributed by atoms with Crippen molar-refractivity contribution in [3.63, 3.8) is 0 Å². The van der Waals surface area contributed by atoms with Crippen molar-refractivity contribution in [1.82, 2.24) is 19.5 Å². The van der Waals surface area contributed by atoms with Crippen molar-refractivity contribution in [3.8, 4) is 11.4 Å². The molecule has 2 aromatic carbocycles. The average molecular weight is 398 g/mol. The third kappa shape index (κ3) is 4.15. The van der Waals surface area contributed by atoms with Gasteiger partial charge in [0.25, 0.3) is 5.56 Å². The molecule has 0 aliphatic carbocycles. The summed E-state index contributed by atoms with van der Waals surface area (Å²) < 4.78 is 1.38. The summed E-state index contributed by atoms with van der Waals surface area (Å²) in [5.74, 6) is 0.0249. The van der Waals surface area contributed by atoms with Crippen LogP contribution in [0, 0.1) is 0 Å². The van der Waals surface area contributed by atoms with Gasteiger partial charge in [-0.2, -0.15) is 0 Å². The first kappa shape index (κ1) is 19.2. The number of hydrogen-bond donors (Lipinski definition) is 1. The molecule has 0 aliphatic rings. The molecule has 2 aromatic heterocycles. The molecule has 4 aromatic rings. The van der Waals surface area contributed by atoms with Crippen molar-refractivity contribution in [2.24, 2.45) is 0 Å². The van der Waals surface area contributed by atoms with Crippen LogP contribution in [0.3, 0.4) is 0 Å². The van der Waals surface area contributed by atoms with Gasteiger partial charge in [0, 0.05) is 30.1 Å². The fraction of sp³-hybridized carbons (Fsp3) is 0.0870. The molecule has 0 unspecified atom stereocenters. The molecule has 0 saturated carbocycles. The lowest BCUT2D eigenvalue weighted by Gasteiger charge is -2.10. The molecular weight excluding hydrogens is 380 g/mol. The minimum Gasteiger partial charge on any atom is -0.481 e. The van der Waals surface area contributed by atoms with E-state index < -0.39 is 5.97 Å². The van der Waals surface area contributed by atoms with E-state index in [0.29, 0.717) is 22.6 Å². The standard InChI is InChI=1S/C23H18N4O3/c28-21(29)12-13-27-20(26-19-9-5-4-8-18(19)23(27)30)11-10-16-14-24-22(25-15-16)17-6-2-1-3-7-17/h1-11,14-15H,12-13H2,(H,28,29)/b11-10+. The minimum atomic E-state index is -0.977. The largest absolute Gasteiger partial charge is 0.481 e. The number of carboxylic acids is 1. The van der Waals surface area contributed by atoms with Crippen molar-refractivity contribution >= 4 is 29.0 Å². The summed E-state index contributed by atoms with van der Waals surface area (Å²) in [4.78, 5) is 37.2. The highest BCUT2D eigenvalue weighted by atomic mass is 16.4. The molecule has 148 valence electrons. The molecule has 0 saturated heterocycles. The average Bonchev–Trinajstić information content (AvgIpc) is 2.78. The number of benzene rings is 2. The van der Waals surface area contributed by atoms with Gasteiger partial charge in [-0.3, -0.25) is 14.2 Å². The zero-order valence-corrected chi connectivity index (χ0v) is 16.0. The Morgan fingerprint density at radius 1 is 0.967 bits per heavy atom. The van der Waals surface area contributed by atoms with Crippen LogP contribution in [0.4, 0.5) is 0 Å². The molecule has 1 N–H and O–H groups in total. The Kier molecular flexibility index (Phi) is 5.43. The van der Waals surface area contributed by atoms with Crippen molar-refractivity contribution < 1.29 is 9.90 Å². The van der Waals surface area contributed by atoms with E-state index in [-0.39, 0.29) is 18.5 Å². The van der Waals surface area contributed by atoms with Crippen LogP contribution in [0.1, 0.15) is 17.8 Å². The van der Waals surface area contributed by atoms with E-state index in [4.69, 9.17) is 5.11 Å². The van der Waals surface area contributed by atoms with Gasteiger partial charge in [-0.05, 0) is 24.3 Å². The second-order valence-electron chi connectivity index (χ2n) is 6.63. The predicted molar refractivity (Wildman–Crippen MR) is 115 cm³/mol. The zero-order chi connectivity index (χ0) is 20.9. The number of aliphatic carboxylic acids is 1. The number of aromatic nitrogens is 4. The summed E-state index contributed by atoms with van der Waals surface area (Å²) in [7, 11) is 0. The quantitative estimate of drug-likeness (QED) is 0.534. The summed E-state index contributed by atoms with van der Waals surface area (Å²) in [6.07, 6.45) is 6.63. The summed E-state index contributed by atoms with van der Waals surface area (Å²) >= 11 is 0. The van der Waals surface area contributed by atoms with Crippen LogP contribution in [-0.2, 0) is 11.3 Å². The molecule has 4 rings (SSSR count). The summed E-state index contributed by atoms with van der Waals surface area (Å²) in [5, 5.41) is 9.48. The minimum absolute atomic E-state index is 0.0368. The monoisotopic (exact) mass is 398 g/mol. The van der Waals surface area contributed by atoms with E-state index >= 15 is 0 Å². The van der Waals surface area contributed by atoms with Gasteiger partial charge in [0.2, 0.25) is 0 Å². The van der Waals surface area contributed by atoms with E-state index in [1.807, 2.05) is 30.3 Å². The molecule has 0 bridgehead atoms. The van der Waals surface area contributed by atoms with Crippen molar-refractivity contribution in [3.05, 3.63) is 88.7 Å². The Hall–Kier alpha value is -4.13. The fourth-order valence-electron chi connectivity index (χ4n) is 3.07. The first-order valence-electron chi connectivity index (χ1n) is 9.39. The molecule has 7 nitrogen and oxygen atoms in total. The van der Waals surface area contributed by atoms with Crippen LogP contribution in [0.5, 0.6) is 0 Å². The maximum absolute atomic E-state index is 12.8. The number of para-hydroxylation sites is 1. The number of hydrogen-bond acceptors (Lipinski definition) is 5.